The Balaban J connectivity index is 1.19. The van der Waals surface area contributed by atoms with Gasteiger partial charge in [0, 0.05) is 30.3 Å². The Morgan fingerprint density at radius 3 is 2.38 bits per heavy atom. The molecular formula is C28H37N3O5S. The van der Waals surface area contributed by atoms with Crippen molar-refractivity contribution < 1.29 is 22.7 Å². The molecule has 3 aliphatic rings. The lowest BCUT2D eigenvalue weighted by atomic mass is 9.69. The first kappa shape index (κ1) is 26.0. The number of fused-ring (bicyclic) bond motifs is 1. The molecule has 1 spiro atoms. The van der Waals surface area contributed by atoms with Gasteiger partial charge in [-0.25, -0.2) is 8.42 Å². The molecule has 3 aliphatic heterocycles. The Morgan fingerprint density at radius 2 is 1.65 bits per heavy atom. The number of amides is 1. The van der Waals surface area contributed by atoms with Crippen molar-refractivity contribution in [2.24, 2.45) is 5.41 Å². The van der Waals surface area contributed by atoms with E-state index in [1.165, 1.54) is 0 Å². The van der Waals surface area contributed by atoms with Gasteiger partial charge in [-0.3, -0.25) is 9.69 Å². The van der Waals surface area contributed by atoms with E-state index in [0.29, 0.717) is 48.4 Å². The van der Waals surface area contributed by atoms with Crippen LogP contribution in [0.5, 0.6) is 11.5 Å². The van der Waals surface area contributed by atoms with E-state index in [1.54, 1.807) is 28.6 Å². The van der Waals surface area contributed by atoms with Crippen molar-refractivity contribution in [1.29, 1.82) is 0 Å². The predicted molar refractivity (Wildman–Crippen MR) is 142 cm³/mol. The van der Waals surface area contributed by atoms with Gasteiger partial charge in [-0.1, -0.05) is 18.2 Å². The third kappa shape index (κ3) is 5.63. The molecule has 0 aromatic heterocycles. The molecule has 2 aromatic rings. The lowest BCUT2D eigenvalue weighted by Crippen LogP contribution is -2.59. The molecule has 0 bridgehead atoms. The van der Waals surface area contributed by atoms with Crippen LogP contribution in [0.2, 0.25) is 0 Å². The zero-order valence-electron chi connectivity index (χ0n) is 21.7. The molecule has 8 nitrogen and oxygen atoms in total. The Labute approximate surface area is 220 Å². The molecule has 200 valence electrons. The van der Waals surface area contributed by atoms with Gasteiger partial charge in [0.15, 0.2) is 11.5 Å². The largest absolute Gasteiger partial charge is 0.490 e. The fraction of sp³-hybridized carbons (Fsp3) is 0.536. The average Bonchev–Trinajstić information content (AvgIpc) is 3.13. The molecule has 2 saturated heterocycles. The van der Waals surface area contributed by atoms with E-state index >= 15 is 0 Å². The highest BCUT2D eigenvalue weighted by molar-refractivity contribution is 7.89. The minimum atomic E-state index is -3.58. The molecule has 0 radical (unpaired) electrons. The minimum absolute atomic E-state index is 0.0569. The second-order valence-electron chi connectivity index (χ2n) is 11.2. The molecule has 0 atom stereocenters. The van der Waals surface area contributed by atoms with Crippen LogP contribution in [-0.2, 0) is 14.8 Å². The van der Waals surface area contributed by atoms with E-state index in [4.69, 9.17) is 9.47 Å². The number of benzene rings is 2. The highest BCUT2D eigenvalue weighted by atomic mass is 32.2. The van der Waals surface area contributed by atoms with Gasteiger partial charge in [-0.05, 0) is 82.3 Å². The molecule has 3 heterocycles. The zero-order chi connectivity index (χ0) is 26.1. The maximum absolute atomic E-state index is 13.6. The first-order valence-corrected chi connectivity index (χ1v) is 14.6. The molecule has 0 unspecified atom stereocenters. The number of piperidine rings is 2. The maximum Gasteiger partial charge on any atom is 0.243 e. The van der Waals surface area contributed by atoms with E-state index in [9.17, 15) is 13.2 Å². The first-order valence-electron chi connectivity index (χ1n) is 13.2. The quantitative estimate of drug-likeness (QED) is 0.629. The number of carbonyl (C=O) groups is 1. The summed E-state index contributed by atoms with van der Waals surface area (Å²) in [7, 11) is -3.58. The summed E-state index contributed by atoms with van der Waals surface area (Å²) in [5.41, 5.74) is 0.206. The van der Waals surface area contributed by atoms with Crippen LogP contribution in [0.15, 0.2) is 53.4 Å². The number of nitrogens with one attached hydrogen (secondary N) is 1. The fourth-order valence-electron chi connectivity index (χ4n) is 5.66. The highest BCUT2D eigenvalue weighted by Gasteiger charge is 2.49. The van der Waals surface area contributed by atoms with Crippen molar-refractivity contribution in [1.82, 2.24) is 9.21 Å². The van der Waals surface area contributed by atoms with Crippen LogP contribution in [0.3, 0.4) is 0 Å². The van der Waals surface area contributed by atoms with Gasteiger partial charge in [0.05, 0.1) is 24.7 Å². The van der Waals surface area contributed by atoms with Gasteiger partial charge in [0.2, 0.25) is 15.9 Å². The van der Waals surface area contributed by atoms with Crippen molar-refractivity contribution >= 4 is 21.6 Å². The maximum atomic E-state index is 13.6. The summed E-state index contributed by atoms with van der Waals surface area (Å²) in [5, 5.41) is 2.98. The van der Waals surface area contributed by atoms with Crippen LogP contribution in [0, 0.1) is 5.41 Å². The molecule has 0 aliphatic carbocycles. The van der Waals surface area contributed by atoms with Gasteiger partial charge in [0.1, 0.15) is 0 Å². The van der Waals surface area contributed by atoms with E-state index in [2.05, 4.69) is 10.2 Å². The fourth-order valence-corrected chi connectivity index (χ4v) is 7.60. The molecule has 5 rings (SSSR count). The highest BCUT2D eigenvalue weighted by Crippen LogP contribution is 2.46. The lowest BCUT2D eigenvalue weighted by molar-refractivity contribution is -0.118. The minimum Gasteiger partial charge on any atom is -0.490 e. The number of rotatable bonds is 5. The van der Waals surface area contributed by atoms with Crippen molar-refractivity contribution in [3.8, 4) is 11.5 Å². The van der Waals surface area contributed by atoms with E-state index in [0.717, 1.165) is 45.2 Å². The predicted octanol–water partition coefficient (Wildman–Crippen LogP) is 4.13. The molecule has 37 heavy (non-hydrogen) atoms. The molecule has 1 amide bonds. The summed E-state index contributed by atoms with van der Waals surface area (Å²) in [5.74, 6) is 1.30. The van der Waals surface area contributed by atoms with Gasteiger partial charge in [-0.2, -0.15) is 4.31 Å². The second-order valence-corrected chi connectivity index (χ2v) is 13.0. The van der Waals surface area contributed by atoms with Crippen LogP contribution in [-0.4, -0.2) is 68.5 Å². The molecule has 9 heteroatoms. The van der Waals surface area contributed by atoms with Crippen molar-refractivity contribution in [2.45, 2.75) is 56.4 Å². The summed E-state index contributed by atoms with van der Waals surface area (Å²) in [6, 6.07) is 14.2. The van der Waals surface area contributed by atoms with Crippen molar-refractivity contribution in [3.05, 3.63) is 48.5 Å². The zero-order valence-corrected chi connectivity index (χ0v) is 22.6. The van der Waals surface area contributed by atoms with Gasteiger partial charge >= 0.3 is 0 Å². The monoisotopic (exact) mass is 527 g/mol. The molecule has 1 N–H and O–H groups in total. The summed E-state index contributed by atoms with van der Waals surface area (Å²) in [6.45, 7) is 7.65. The van der Waals surface area contributed by atoms with Crippen LogP contribution >= 0.6 is 0 Å². The van der Waals surface area contributed by atoms with Crippen LogP contribution in [0.25, 0.3) is 0 Å². The van der Waals surface area contributed by atoms with Crippen molar-refractivity contribution in [2.75, 3.05) is 44.7 Å². The first-order chi connectivity index (χ1) is 17.7. The molecule has 2 fully saturated rings. The van der Waals surface area contributed by atoms with Crippen LogP contribution in [0.1, 0.15) is 46.0 Å². The number of likely N-dealkylation sites (tertiary alicyclic amines) is 1. The third-order valence-electron chi connectivity index (χ3n) is 8.07. The smallest absolute Gasteiger partial charge is 0.243 e. The number of carbonyl (C=O) groups excluding carboxylic acids is 1. The summed E-state index contributed by atoms with van der Waals surface area (Å²) in [6.07, 6.45) is 4.41. The number of hydrogen-bond acceptors (Lipinski definition) is 6. The molecule has 2 aromatic carbocycles. The van der Waals surface area contributed by atoms with E-state index in [-0.39, 0.29) is 11.3 Å². The average molecular weight is 528 g/mol. The second kappa shape index (κ2) is 10.3. The SMILES string of the molecule is CC1(C)CCC2(CCN(CC(=O)Nc3ccc4c(c3)OCCCO4)CC2)CN1S(=O)(=O)c1ccccc1. The Kier molecular flexibility index (Phi) is 7.22. The molecule has 0 saturated carbocycles. The summed E-state index contributed by atoms with van der Waals surface area (Å²) >= 11 is 0. The van der Waals surface area contributed by atoms with Gasteiger partial charge in [0.25, 0.3) is 0 Å². The standard InChI is InChI=1S/C28H37N3O5S/c1-27(2)11-12-28(21-31(27)37(33,34)23-7-4-3-5-8-23)13-15-30(16-14-28)20-26(32)29-22-9-10-24-25(19-22)36-18-6-17-35-24/h3-5,7-10,19H,6,11-18,20-21H2,1-2H3,(H,29,32). The lowest BCUT2D eigenvalue weighted by Gasteiger charge is -2.53. The van der Waals surface area contributed by atoms with Crippen LogP contribution < -0.4 is 14.8 Å². The topological polar surface area (TPSA) is 88.2 Å². The van der Waals surface area contributed by atoms with Gasteiger partial charge < -0.3 is 14.8 Å². The number of anilines is 1. The summed E-state index contributed by atoms with van der Waals surface area (Å²) in [4.78, 5) is 15.3. The Hall–Kier alpha value is -2.62. The summed E-state index contributed by atoms with van der Waals surface area (Å²) < 4.78 is 40.3. The number of sulfonamides is 1. The Morgan fingerprint density at radius 1 is 0.946 bits per heavy atom. The third-order valence-corrected chi connectivity index (χ3v) is 10.1. The number of nitrogens with zero attached hydrogens (tertiary/aromatic N) is 2. The number of hydrogen-bond donors (Lipinski definition) is 1. The normalized spacial score (nSPS) is 21.8. The van der Waals surface area contributed by atoms with E-state index < -0.39 is 15.6 Å². The molecular weight excluding hydrogens is 490 g/mol. The van der Waals surface area contributed by atoms with E-state index in [1.807, 2.05) is 38.1 Å². The van der Waals surface area contributed by atoms with Crippen LogP contribution in [0.4, 0.5) is 5.69 Å². The number of ether oxygens (including phenoxy) is 2. The van der Waals surface area contributed by atoms with Crippen molar-refractivity contribution in [3.63, 3.8) is 0 Å². The van der Waals surface area contributed by atoms with Gasteiger partial charge in [-0.15, -0.1) is 0 Å². The Bertz CT molecular complexity index is 1220.